The van der Waals surface area contributed by atoms with E-state index < -0.39 is 16.8 Å². The Bertz CT molecular complexity index is 346. The van der Waals surface area contributed by atoms with Crippen molar-refractivity contribution in [1.82, 2.24) is 0 Å². The molecular weight excluding hydrogens is 214 g/mol. The summed E-state index contributed by atoms with van der Waals surface area (Å²) in [6, 6.07) is 3.25. The standard InChI is InChI=1S/C10H13NO5/c1-2-15-10(12)6-8(7-11(13)14)9-4-3-5-16-9/h3-5,8H,2,6-7H2,1H3/t8-/m1/s1. The Kier molecular flexibility index (Phi) is 4.50. The van der Waals surface area contributed by atoms with Crippen molar-refractivity contribution in [3.63, 3.8) is 0 Å². The molecule has 0 fully saturated rings. The number of rotatable bonds is 6. The molecule has 0 aromatic carbocycles. The Balaban J connectivity index is 2.65. The van der Waals surface area contributed by atoms with Gasteiger partial charge in [-0.2, -0.15) is 0 Å². The third-order valence-corrected chi connectivity index (χ3v) is 2.03. The van der Waals surface area contributed by atoms with Crippen LogP contribution in [0.25, 0.3) is 0 Å². The molecule has 0 aliphatic heterocycles. The normalized spacial score (nSPS) is 12.1. The number of furan rings is 1. The summed E-state index contributed by atoms with van der Waals surface area (Å²) in [5.74, 6) is -0.584. The molecular formula is C10H13NO5. The lowest BCUT2D eigenvalue weighted by molar-refractivity contribution is -0.483. The Morgan fingerprint density at radius 2 is 2.44 bits per heavy atom. The predicted molar refractivity (Wildman–Crippen MR) is 54.6 cm³/mol. The van der Waals surface area contributed by atoms with Crippen LogP contribution in [0.4, 0.5) is 0 Å². The Hall–Kier alpha value is -1.85. The number of esters is 1. The van der Waals surface area contributed by atoms with E-state index in [0.29, 0.717) is 5.76 Å². The molecule has 0 aliphatic rings. The van der Waals surface area contributed by atoms with Crippen LogP contribution in [0.15, 0.2) is 22.8 Å². The molecule has 0 N–H and O–H groups in total. The minimum Gasteiger partial charge on any atom is -0.469 e. The van der Waals surface area contributed by atoms with Gasteiger partial charge in [0, 0.05) is 4.92 Å². The highest BCUT2D eigenvalue weighted by atomic mass is 16.6. The molecule has 0 saturated heterocycles. The van der Waals surface area contributed by atoms with Crippen LogP contribution in [0.5, 0.6) is 0 Å². The van der Waals surface area contributed by atoms with Crippen molar-refractivity contribution in [1.29, 1.82) is 0 Å². The summed E-state index contributed by atoms with van der Waals surface area (Å²) >= 11 is 0. The zero-order chi connectivity index (χ0) is 12.0. The van der Waals surface area contributed by atoms with Gasteiger partial charge in [-0.15, -0.1) is 0 Å². The SMILES string of the molecule is CCOC(=O)C[C@H](C[N+](=O)[O-])c1ccco1. The van der Waals surface area contributed by atoms with Gasteiger partial charge in [0.2, 0.25) is 6.54 Å². The lowest BCUT2D eigenvalue weighted by atomic mass is 10.0. The first-order valence-corrected chi connectivity index (χ1v) is 4.94. The third-order valence-electron chi connectivity index (χ3n) is 2.03. The molecule has 1 heterocycles. The number of hydrogen-bond donors (Lipinski definition) is 0. The van der Waals surface area contributed by atoms with Gasteiger partial charge in [0.1, 0.15) is 5.76 Å². The molecule has 0 amide bonds. The highest BCUT2D eigenvalue weighted by Crippen LogP contribution is 2.20. The van der Waals surface area contributed by atoms with Crippen molar-refractivity contribution in [3.05, 3.63) is 34.3 Å². The number of nitro groups is 1. The summed E-state index contributed by atoms with van der Waals surface area (Å²) in [5, 5.41) is 10.5. The van der Waals surface area contributed by atoms with Crippen LogP contribution in [0.3, 0.4) is 0 Å². The van der Waals surface area contributed by atoms with Gasteiger partial charge in [0.25, 0.3) is 0 Å². The van der Waals surface area contributed by atoms with E-state index in [1.165, 1.54) is 6.26 Å². The highest BCUT2D eigenvalue weighted by molar-refractivity contribution is 5.70. The van der Waals surface area contributed by atoms with E-state index in [2.05, 4.69) is 0 Å². The summed E-state index contributed by atoms with van der Waals surface area (Å²) in [7, 11) is 0. The summed E-state index contributed by atoms with van der Waals surface area (Å²) in [6.07, 6.45) is 1.38. The molecule has 0 saturated carbocycles. The van der Waals surface area contributed by atoms with E-state index >= 15 is 0 Å². The molecule has 1 aromatic heterocycles. The molecule has 0 aliphatic carbocycles. The van der Waals surface area contributed by atoms with Crippen LogP contribution >= 0.6 is 0 Å². The van der Waals surface area contributed by atoms with E-state index in [0.717, 1.165) is 0 Å². The second-order valence-electron chi connectivity index (χ2n) is 3.24. The van der Waals surface area contributed by atoms with E-state index in [1.54, 1.807) is 19.1 Å². The minimum absolute atomic E-state index is 0.0394. The fraction of sp³-hybridized carbons (Fsp3) is 0.500. The molecule has 0 unspecified atom stereocenters. The van der Waals surface area contributed by atoms with Gasteiger partial charge in [-0.1, -0.05) is 0 Å². The molecule has 0 spiro atoms. The van der Waals surface area contributed by atoms with Gasteiger partial charge >= 0.3 is 5.97 Å². The fourth-order valence-corrected chi connectivity index (χ4v) is 1.38. The maximum atomic E-state index is 11.2. The van der Waals surface area contributed by atoms with Crippen LogP contribution < -0.4 is 0 Å². The van der Waals surface area contributed by atoms with Crippen LogP contribution in [-0.2, 0) is 9.53 Å². The zero-order valence-corrected chi connectivity index (χ0v) is 8.92. The first-order chi connectivity index (χ1) is 7.63. The lowest BCUT2D eigenvalue weighted by Gasteiger charge is -2.09. The van der Waals surface area contributed by atoms with Crippen molar-refractivity contribution in [2.45, 2.75) is 19.3 Å². The number of carbonyl (C=O) groups excluding carboxylic acids is 1. The van der Waals surface area contributed by atoms with Crippen molar-refractivity contribution in [2.24, 2.45) is 0 Å². The Labute approximate surface area is 92.3 Å². The van der Waals surface area contributed by atoms with E-state index in [9.17, 15) is 14.9 Å². The van der Waals surface area contributed by atoms with Gasteiger partial charge in [-0.3, -0.25) is 14.9 Å². The molecule has 88 valence electrons. The van der Waals surface area contributed by atoms with Crippen LogP contribution in [0.2, 0.25) is 0 Å². The smallest absolute Gasteiger partial charge is 0.306 e. The first-order valence-electron chi connectivity index (χ1n) is 4.94. The average Bonchev–Trinajstić information content (AvgIpc) is 2.68. The van der Waals surface area contributed by atoms with Crippen molar-refractivity contribution < 1.29 is 18.9 Å². The molecule has 0 bridgehead atoms. The van der Waals surface area contributed by atoms with Crippen LogP contribution in [0.1, 0.15) is 25.0 Å². The summed E-state index contributed by atoms with van der Waals surface area (Å²) in [6.45, 7) is 1.61. The number of carbonyl (C=O) groups is 1. The predicted octanol–water partition coefficient (Wildman–Crippen LogP) is 1.59. The minimum atomic E-state index is -0.566. The summed E-state index contributed by atoms with van der Waals surface area (Å²) in [4.78, 5) is 21.2. The van der Waals surface area contributed by atoms with Crippen LogP contribution in [0, 0.1) is 10.1 Å². The zero-order valence-electron chi connectivity index (χ0n) is 8.92. The van der Waals surface area contributed by atoms with Gasteiger partial charge in [-0.05, 0) is 19.1 Å². The Morgan fingerprint density at radius 3 is 2.94 bits per heavy atom. The maximum absolute atomic E-state index is 11.2. The largest absolute Gasteiger partial charge is 0.469 e. The molecule has 0 radical (unpaired) electrons. The fourth-order valence-electron chi connectivity index (χ4n) is 1.38. The van der Waals surface area contributed by atoms with Gasteiger partial charge in [0.15, 0.2) is 0 Å². The molecule has 1 aromatic rings. The van der Waals surface area contributed by atoms with E-state index in [-0.39, 0.29) is 19.6 Å². The van der Waals surface area contributed by atoms with Crippen molar-refractivity contribution >= 4 is 5.97 Å². The van der Waals surface area contributed by atoms with Crippen LogP contribution in [-0.4, -0.2) is 24.0 Å². The van der Waals surface area contributed by atoms with E-state index in [4.69, 9.17) is 9.15 Å². The Morgan fingerprint density at radius 1 is 1.69 bits per heavy atom. The number of hydrogen-bond acceptors (Lipinski definition) is 5. The first kappa shape index (κ1) is 12.2. The van der Waals surface area contributed by atoms with Gasteiger partial charge in [-0.25, -0.2) is 0 Å². The molecule has 6 heteroatoms. The number of ether oxygens (including phenoxy) is 1. The molecule has 16 heavy (non-hydrogen) atoms. The van der Waals surface area contributed by atoms with Gasteiger partial charge in [0.05, 0.1) is 25.2 Å². The maximum Gasteiger partial charge on any atom is 0.306 e. The second-order valence-corrected chi connectivity index (χ2v) is 3.24. The third kappa shape index (κ3) is 3.72. The molecule has 1 atom stereocenters. The van der Waals surface area contributed by atoms with Crippen molar-refractivity contribution in [3.8, 4) is 0 Å². The summed E-state index contributed by atoms with van der Waals surface area (Å²) in [5.41, 5.74) is 0. The monoisotopic (exact) mass is 227 g/mol. The quantitative estimate of drug-likeness (QED) is 0.418. The van der Waals surface area contributed by atoms with Crippen molar-refractivity contribution in [2.75, 3.05) is 13.2 Å². The topological polar surface area (TPSA) is 82.6 Å². The van der Waals surface area contributed by atoms with Gasteiger partial charge < -0.3 is 9.15 Å². The number of nitrogens with zero attached hydrogens (tertiary/aromatic N) is 1. The molecule has 1 rings (SSSR count). The second kappa shape index (κ2) is 5.89. The lowest BCUT2D eigenvalue weighted by Crippen LogP contribution is -2.17. The average molecular weight is 227 g/mol. The molecule has 6 nitrogen and oxygen atoms in total. The van der Waals surface area contributed by atoms with E-state index in [1.807, 2.05) is 0 Å². The summed E-state index contributed by atoms with van der Waals surface area (Å²) < 4.78 is 9.81. The highest BCUT2D eigenvalue weighted by Gasteiger charge is 2.24.